The number of aromatic nitrogens is 1. The lowest BCUT2D eigenvalue weighted by atomic mass is 10.0. The molecule has 1 unspecified atom stereocenters. The van der Waals surface area contributed by atoms with Crippen LogP contribution < -0.4 is 15.2 Å². The molecule has 2 N–H and O–H groups in total. The molecule has 1 aromatic carbocycles. The number of nitrogens with two attached hydrogens (primary N) is 1. The molecule has 0 amide bonds. The van der Waals surface area contributed by atoms with Crippen LogP contribution in [0.2, 0.25) is 0 Å². The first kappa shape index (κ1) is 13.9. The van der Waals surface area contributed by atoms with Crippen LogP contribution in [0.4, 0.5) is 0 Å². The molecule has 1 atom stereocenters. The number of benzene rings is 1. The molecule has 0 fully saturated rings. The Morgan fingerprint density at radius 1 is 1.29 bits per heavy atom. The van der Waals surface area contributed by atoms with E-state index in [4.69, 9.17) is 15.2 Å². The zero-order valence-electron chi connectivity index (χ0n) is 12.6. The third-order valence-corrected chi connectivity index (χ3v) is 3.55. The molecule has 0 bridgehead atoms. The van der Waals surface area contributed by atoms with Gasteiger partial charge < -0.3 is 15.2 Å². The number of fused-ring (bicyclic) bond motifs is 1. The maximum atomic E-state index is 5.99. The van der Waals surface area contributed by atoms with E-state index in [1.165, 1.54) is 5.56 Å². The van der Waals surface area contributed by atoms with E-state index in [0.29, 0.717) is 11.6 Å². The van der Waals surface area contributed by atoms with Gasteiger partial charge in [0, 0.05) is 30.3 Å². The van der Waals surface area contributed by atoms with Crippen molar-refractivity contribution < 1.29 is 9.47 Å². The SMILES string of the molecule is CC(N)c1ccc(Oc2cccc3c2OC(C)(C)C3)nc1. The predicted molar refractivity (Wildman–Crippen MR) is 81.8 cm³/mol. The van der Waals surface area contributed by atoms with Gasteiger partial charge in [0.15, 0.2) is 11.5 Å². The number of nitrogens with zero attached hydrogens (tertiary/aromatic N) is 1. The van der Waals surface area contributed by atoms with E-state index < -0.39 is 0 Å². The van der Waals surface area contributed by atoms with Crippen molar-refractivity contribution in [3.8, 4) is 17.4 Å². The molecule has 110 valence electrons. The zero-order valence-corrected chi connectivity index (χ0v) is 12.6. The molecule has 1 aromatic heterocycles. The second-order valence-corrected chi connectivity index (χ2v) is 6.10. The molecular weight excluding hydrogens is 264 g/mol. The summed E-state index contributed by atoms with van der Waals surface area (Å²) in [6, 6.07) is 9.69. The fourth-order valence-corrected chi connectivity index (χ4v) is 2.50. The maximum Gasteiger partial charge on any atom is 0.219 e. The summed E-state index contributed by atoms with van der Waals surface area (Å²) in [6.45, 7) is 6.08. The van der Waals surface area contributed by atoms with Gasteiger partial charge >= 0.3 is 0 Å². The van der Waals surface area contributed by atoms with Crippen molar-refractivity contribution in [1.29, 1.82) is 0 Å². The largest absolute Gasteiger partial charge is 0.483 e. The zero-order chi connectivity index (χ0) is 15.0. The highest BCUT2D eigenvalue weighted by Crippen LogP contribution is 2.43. The highest BCUT2D eigenvalue weighted by molar-refractivity contribution is 5.51. The number of pyridine rings is 1. The Hall–Kier alpha value is -2.07. The van der Waals surface area contributed by atoms with E-state index in [0.717, 1.165) is 17.7 Å². The van der Waals surface area contributed by atoms with Gasteiger partial charge in [-0.05, 0) is 32.4 Å². The molecule has 4 heteroatoms. The number of ether oxygens (including phenoxy) is 2. The van der Waals surface area contributed by atoms with Crippen LogP contribution in [0.25, 0.3) is 0 Å². The van der Waals surface area contributed by atoms with Crippen molar-refractivity contribution in [2.45, 2.75) is 38.8 Å². The van der Waals surface area contributed by atoms with E-state index in [1.54, 1.807) is 6.20 Å². The summed E-state index contributed by atoms with van der Waals surface area (Å²) in [5.41, 5.74) is 7.79. The van der Waals surface area contributed by atoms with E-state index in [1.807, 2.05) is 31.2 Å². The van der Waals surface area contributed by atoms with Crippen LogP contribution in [0.15, 0.2) is 36.5 Å². The van der Waals surface area contributed by atoms with Crippen LogP contribution in [-0.2, 0) is 6.42 Å². The summed E-state index contributed by atoms with van der Waals surface area (Å²) in [6.07, 6.45) is 2.63. The number of hydrogen-bond acceptors (Lipinski definition) is 4. The third-order valence-electron chi connectivity index (χ3n) is 3.55. The second-order valence-electron chi connectivity index (χ2n) is 6.10. The summed E-state index contributed by atoms with van der Waals surface area (Å²) < 4.78 is 11.9. The van der Waals surface area contributed by atoms with E-state index in [-0.39, 0.29) is 11.6 Å². The van der Waals surface area contributed by atoms with Gasteiger partial charge in [0.05, 0.1) is 0 Å². The minimum absolute atomic E-state index is 0.0309. The van der Waals surface area contributed by atoms with Crippen molar-refractivity contribution in [3.05, 3.63) is 47.7 Å². The van der Waals surface area contributed by atoms with Gasteiger partial charge in [0.25, 0.3) is 0 Å². The van der Waals surface area contributed by atoms with Crippen molar-refractivity contribution in [1.82, 2.24) is 4.98 Å². The summed E-state index contributed by atoms with van der Waals surface area (Å²) >= 11 is 0. The lowest BCUT2D eigenvalue weighted by Gasteiger charge is -2.18. The normalized spacial score (nSPS) is 17.0. The Labute approximate surface area is 124 Å². The molecule has 0 saturated heterocycles. The van der Waals surface area contributed by atoms with E-state index in [9.17, 15) is 0 Å². The molecule has 3 rings (SSSR count). The van der Waals surface area contributed by atoms with Gasteiger partial charge in [-0.3, -0.25) is 0 Å². The smallest absolute Gasteiger partial charge is 0.219 e. The lowest BCUT2D eigenvalue weighted by molar-refractivity contribution is 0.135. The first-order valence-corrected chi connectivity index (χ1v) is 7.15. The maximum absolute atomic E-state index is 5.99. The lowest BCUT2D eigenvalue weighted by Crippen LogP contribution is -2.24. The highest BCUT2D eigenvalue weighted by Gasteiger charge is 2.32. The summed E-state index contributed by atoms with van der Waals surface area (Å²) in [5, 5.41) is 0. The van der Waals surface area contributed by atoms with Crippen LogP contribution in [-0.4, -0.2) is 10.6 Å². The average Bonchev–Trinajstić information content (AvgIpc) is 2.74. The van der Waals surface area contributed by atoms with Crippen molar-refractivity contribution in [2.75, 3.05) is 0 Å². The molecule has 0 radical (unpaired) electrons. The monoisotopic (exact) mass is 284 g/mol. The molecule has 1 aliphatic rings. The van der Waals surface area contributed by atoms with Crippen molar-refractivity contribution in [3.63, 3.8) is 0 Å². The van der Waals surface area contributed by atoms with E-state index in [2.05, 4.69) is 24.9 Å². The van der Waals surface area contributed by atoms with Gasteiger partial charge in [-0.25, -0.2) is 4.98 Å². The second kappa shape index (κ2) is 5.04. The molecule has 0 saturated carbocycles. The highest BCUT2D eigenvalue weighted by atomic mass is 16.5. The van der Waals surface area contributed by atoms with Crippen LogP contribution in [0, 0.1) is 0 Å². The standard InChI is InChI=1S/C17H20N2O2/c1-11(18)13-7-8-15(19-10-13)20-14-6-4-5-12-9-17(2,3)21-16(12)14/h4-8,10-11H,9,18H2,1-3H3. The molecule has 2 heterocycles. The Morgan fingerprint density at radius 2 is 2.10 bits per heavy atom. The van der Waals surface area contributed by atoms with Gasteiger partial charge in [-0.2, -0.15) is 0 Å². The number of hydrogen-bond donors (Lipinski definition) is 1. The van der Waals surface area contributed by atoms with Crippen molar-refractivity contribution in [2.24, 2.45) is 5.73 Å². The van der Waals surface area contributed by atoms with Crippen LogP contribution >= 0.6 is 0 Å². The van der Waals surface area contributed by atoms with Crippen LogP contribution in [0.3, 0.4) is 0 Å². The molecule has 1 aliphatic heterocycles. The number of rotatable bonds is 3. The van der Waals surface area contributed by atoms with Crippen LogP contribution in [0.5, 0.6) is 17.4 Å². The Morgan fingerprint density at radius 3 is 2.76 bits per heavy atom. The Balaban J connectivity index is 1.85. The molecule has 21 heavy (non-hydrogen) atoms. The summed E-state index contributed by atoms with van der Waals surface area (Å²) in [4.78, 5) is 4.30. The first-order chi connectivity index (χ1) is 9.94. The third kappa shape index (κ3) is 2.85. The molecule has 4 nitrogen and oxygen atoms in total. The average molecular weight is 284 g/mol. The Kier molecular flexibility index (Phi) is 3.33. The van der Waals surface area contributed by atoms with Gasteiger partial charge in [-0.15, -0.1) is 0 Å². The van der Waals surface area contributed by atoms with E-state index >= 15 is 0 Å². The van der Waals surface area contributed by atoms with Gasteiger partial charge in [-0.1, -0.05) is 18.2 Å². The van der Waals surface area contributed by atoms with Crippen LogP contribution in [0.1, 0.15) is 37.9 Å². The first-order valence-electron chi connectivity index (χ1n) is 7.15. The molecule has 2 aromatic rings. The van der Waals surface area contributed by atoms with Crippen molar-refractivity contribution >= 4 is 0 Å². The minimum atomic E-state index is -0.186. The predicted octanol–water partition coefficient (Wildman–Crippen LogP) is 3.61. The van der Waals surface area contributed by atoms with Gasteiger partial charge in [0.2, 0.25) is 5.88 Å². The molecular formula is C17H20N2O2. The topological polar surface area (TPSA) is 57.4 Å². The van der Waals surface area contributed by atoms with Gasteiger partial charge in [0.1, 0.15) is 5.60 Å². The number of para-hydroxylation sites is 1. The molecule has 0 aliphatic carbocycles. The fraction of sp³-hybridized carbons (Fsp3) is 0.353. The fourth-order valence-electron chi connectivity index (χ4n) is 2.50. The summed E-state index contributed by atoms with van der Waals surface area (Å²) in [5.74, 6) is 2.07. The molecule has 0 spiro atoms. The summed E-state index contributed by atoms with van der Waals surface area (Å²) in [7, 11) is 0. The quantitative estimate of drug-likeness (QED) is 0.935. The minimum Gasteiger partial charge on any atom is -0.483 e. The Bertz CT molecular complexity index is 648.